The van der Waals surface area contributed by atoms with Crippen LogP contribution in [0.1, 0.15) is 63.6 Å². The molecule has 0 amide bonds. The van der Waals surface area contributed by atoms with Crippen molar-refractivity contribution in [3.8, 4) is 0 Å². The average Bonchev–Trinajstić information content (AvgIpc) is 2.47. The third kappa shape index (κ3) is 3.26. The van der Waals surface area contributed by atoms with Crippen LogP contribution in [0.4, 0.5) is 0 Å². The van der Waals surface area contributed by atoms with E-state index in [1.807, 2.05) is 26.0 Å². The van der Waals surface area contributed by atoms with Crippen LogP contribution < -0.4 is 0 Å². The SMILES string of the molecule is CC/C1=C(\C(C)=O)c2cccnc2C(C)[C@H](CC(=O)O)CC1. The Morgan fingerprint density at radius 1 is 1.41 bits per heavy atom. The van der Waals surface area contributed by atoms with Crippen molar-refractivity contribution in [2.75, 3.05) is 0 Å². The lowest BCUT2D eigenvalue weighted by Gasteiger charge is -2.28. The highest BCUT2D eigenvalue weighted by molar-refractivity contribution is 6.20. The fourth-order valence-electron chi connectivity index (χ4n) is 3.44. The van der Waals surface area contributed by atoms with Gasteiger partial charge in [0.05, 0.1) is 5.69 Å². The third-order valence-electron chi connectivity index (χ3n) is 4.63. The summed E-state index contributed by atoms with van der Waals surface area (Å²) in [4.78, 5) is 27.8. The predicted molar refractivity (Wildman–Crippen MR) is 85.5 cm³/mol. The number of rotatable bonds is 4. The molecule has 0 saturated carbocycles. The highest BCUT2D eigenvalue weighted by Crippen LogP contribution is 2.39. The Bertz CT molecular complexity index is 619. The van der Waals surface area contributed by atoms with E-state index in [4.69, 9.17) is 0 Å². The molecule has 2 rings (SSSR count). The Kier molecular flexibility index (Phi) is 5.11. The molecule has 0 aliphatic heterocycles. The summed E-state index contributed by atoms with van der Waals surface area (Å²) in [5.74, 6) is -0.639. The molecule has 4 nitrogen and oxygen atoms in total. The maximum Gasteiger partial charge on any atom is 0.303 e. The van der Waals surface area contributed by atoms with Crippen LogP contribution in [-0.2, 0) is 9.59 Å². The quantitative estimate of drug-likeness (QED) is 0.918. The summed E-state index contributed by atoms with van der Waals surface area (Å²) < 4.78 is 0. The van der Waals surface area contributed by atoms with Crippen molar-refractivity contribution in [3.05, 3.63) is 35.2 Å². The van der Waals surface area contributed by atoms with Gasteiger partial charge in [0.25, 0.3) is 0 Å². The van der Waals surface area contributed by atoms with Gasteiger partial charge in [-0.25, -0.2) is 0 Å². The van der Waals surface area contributed by atoms with E-state index in [9.17, 15) is 14.7 Å². The van der Waals surface area contributed by atoms with Crippen molar-refractivity contribution < 1.29 is 14.7 Å². The summed E-state index contributed by atoms with van der Waals surface area (Å²) in [5, 5.41) is 9.17. The zero-order valence-electron chi connectivity index (χ0n) is 13.4. The summed E-state index contributed by atoms with van der Waals surface area (Å²) in [6.45, 7) is 5.67. The minimum atomic E-state index is -0.774. The molecule has 1 unspecified atom stereocenters. The Labute approximate surface area is 131 Å². The molecule has 1 aromatic rings. The molecular formula is C18H23NO3. The smallest absolute Gasteiger partial charge is 0.303 e. The Morgan fingerprint density at radius 3 is 2.73 bits per heavy atom. The van der Waals surface area contributed by atoms with Crippen LogP contribution in [0.25, 0.3) is 5.57 Å². The van der Waals surface area contributed by atoms with Crippen LogP contribution in [0.3, 0.4) is 0 Å². The number of fused-ring (bicyclic) bond motifs is 1. The molecule has 2 atom stereocenters. The van der Waals surface area contributed by atoms with E-state index in [1.54, 1.807) is 13.1 Å². The monoisotopic (exact) mass is 301 g/mol. The molecule has 1 heterocycles. The number of ketones is 1. The topological polar surface area (TPSA) is 67.3 Å². The fraction of sp³-hybridized carbons (Fsp3) is 0.500. The van der Waals surface area contributed by atoms with Crippen LogP contribution in [0.15, 0.2) is 23.9 Å². The van der Waals surface area contributed by atoms with Gasteiger partial charge in [0, 0.05) is 29.7 Å². The van der Waals surface area contributed by atoms with Gasteiger partial charge in [-0.3, -0.25) is 14.6 Å². The fourth-order valence-corrected chi connectivity index (χ4v) is 3.44. The average molecular weight is 301 g/mol. The Balaban J connectivity index is 2.59. The van der Waals surface area contributed by atoms with Crippen LogP contribution in [-0.4, -0.2) is 21.8 Å². The molecule has 0 bridgehead atoms. The highest BCUT2D eigenvalue weighted by Gasteiger charge is 2.29. The van der Waals surface area contributed by atoms with Gasteiger partial charge in [-0.2, -0.15) is 0 Å². The lowest BCUT2D eigenvalue weighted by atomic mass is 9.77. The molecule has 0 radical (unpaired) electrons. The number of carbonyl (C=O) groups is 2. The van der Waals surface area contributed by atoms with Gasteiger partial charge in [0.2, 0.25) is 0 Å². The van der Waals surface area contributed by atoms with Crippen molar-refractivity contribution in [2.24, 2.45) is 5.92 Å². The standard InChI is InChI=1S/C18H23NO3/c1-4-13-7-8-14(10-16(21)22)11(2)18-15(6-5-9-19-18)17(13)12(3)20/h5-6,9,11,14H,4,7-8,10H2,1-3H3,(H,21,22)/b17-13-/t11?,14-/m0/s1. The number of hydrogen-bond acceptors (Lipinski definition) is 3. The zero-order chi connectivity index (χ0) is 16.3. The molecule has 0 saturated heterocycles. The molecule has 118 valence electrons. The van der Waals surface area contributed by atoms with Gasteiger partial charge in [0.15, 0.2) is 5.78 Å². The minimum Gasteiger partial charge on any atom is -0.481 e. The van der Waals surface area contributed by atoms with E-state index < -0.39 is 5.97 Å². The lowest BCUT2D eigenvalue weighted by molar-refractivity contribution is -0.138. The summed E-state index contributed by atoms with van der Waals surface area (Å²) in [6, 6.07) is 3.78. The van der Waals surface area contributed by atoms with Crippen LogP contribution >= 0.6 is 0 Å². The van der Waals surface area contributed by atoms with E-state index in [2.05, 4.69) is 4.98 Å². The van der Waals surface area contributed by atoms with Crippen molar-refractivity contribution in [1.82, 2.24) is 4.98 Å². The van der Waals surface area contributed by atoms with Crippen molar-refractivity contribution in [1.29, 1.82) is 0 Å². The van der Waals surface area contributed by atoms with Crippen molar-refractivity contribution in [2.45, 2.75) is 52.4 Å². The number of hydrogen-bond donors (Lipinski definition) is 1. The number of pyridine rings is 1. The normalized spacial score (nSPS) is 25.0. The van der Waals surface area contributed by atoms with Crippen molar-refractivity contribution in [3.63, 3.8) is 0 Å². The second kappa shape index (κ2) is 6.86. The first kappa shape index (κ1) is 16.4. The van der Waals surface area contributed by atoms with E-state index in [-0.39, 0.29) is 24.0 Å². The predicted octanol–water partition coefficient (Wildman–Crippen LogP) is 3.82. The Hall–Kier alpha value is -1.97. The van der Waals surface area contributed by atoms with Crippen LogP contribution in [0.5, 0.6) is 0 Å². The first-order valence-corrected chi connectivity index (χ1v) is 7.85. The lowest BCUT2D eigenvalue weighted by Crippen LogP contribution is -2.20. The second-order valence-corrected chi connectivity index (χ2v) is 6.01. The van der Waals surface area contributed by atoms with Gasteiger partial charge in [-0.15, -0.1) is 0 Å². The Morgan fingerprint density at radius 2 is 2.14 bits per heavy atom. The summed E-state index contributed by atoms with van der Waals surface area (Å²) in [5.41, 5.74) is 3.63. The number of nitrogens with zero attached hydrogens (tertiary/aromatic N) is 1. The molecule has 1 aliphatic carbocycles. The number of aromatic nitrogens is 1. The van der Waals surface area contributed by atoms with Gasteiger partial charge in [-0.1, -0.05) is 25.5 Å². The molecule has 0 spiro atoms. The summed E-state index contributed by atoms with van der Waals surface area (Å²) in [7, 11) is 0. The molecule has 4 heteroatoms. The molecule has 0 aromatic carbocycles. The highest BCUT2D eigenvalue weighted by atomic mass is 16.4. The van der Waals surface area contributed by atoms with E-state index in [0.717, 1.165) is 41.7 Å². The number of carbonyl (C=O) groups excluding carboxylic acids is 1. The van der Waals surface area contributed by atoms with Gasteiger partial charge >= 0.3 is 5.97 Å². The van der Waals surface area contributed by atoms with Crippen LogP contribution in [0, 0.1) is 5.92 Å². The first-order chi connectivity index (χ1) is 10.5. The maximum atomic E-state index is 12.2. The van der Waals surface area contributed by atoms with E-state index in [0.29, 0.717) is 0 Å². The van der Waals surface area contributed by atoms with E-state index >= 15 is 0 Å². The molecule has 1 aliphatic rings. The largest absolute Gasteiger partial charge is 0.481 e. The van der Waals surface area contributed by atoms with Gasteiger partial charge < -0.3 is 5.11 Å². The zero-order valence-corrected chi connectivity index (χ0v) is 13.4. The number of carboxylic acids is 1. The van der Waals surface area contributed by atoms with Gasteiger partial charge in [0.1, 0.15) is 0 Å². The maximum absolute atomic E-state index is 12.2. The first-order valence-electron chi connectivity index (χ1n) is 7.85. The van der Waals surface area contributed by atoms with Crippen molar-refractivity contribution >= 4 is 17.3 Å². The molecular weight excluding hydrogens is 278 g/mol. The number of carboxylic acid groups (broad SMARTS) is 1. The third-order valence-corrected chi connectivity index (χ3v) is 4.63. The van der Waals surface area contributed by atoms with E-state index in [1.165, 1.54) is 0 Å². The number of aliphatic carboxylic acids is 1. The summed E-state index contributed by atoms with van der Waals surface area (Å²) in [6.07, 6.45) is 4.23. The number of allylic oxidation sites excluding steroid dienone is 2. The molecule has 1 N–H and O–H groups in total. The second-order valence-electron chi connectivity index (χ2n) is 6.01. The number of Topliss-reactive ketones (excluding diaryl/α,β-unsaturated/α-hetero) is 1. The molecule has 22 heavy (non-hydrogen) atoms. The molecule has 0 fully saturated rings. The summed E-state index contributed by atoms with van der Waals surface area (Å²) >= 11 is 0. The minimum absolute atomic E-state index is 0.0278. The van der Waals surface area contributed by atoms with Crippen LogP contribution in [0.2, 0.25) is 0 Å². The van der Waals surface area contributed by atoms with Gasteiger partial charge in [-0.05, 0) is 38.2 Å². The molecule has 1 aromatic heterocycles.